The summed E-state index contributed by atoms with van der Waals surface area (Å²) in [5, 5.41) is 3.36. The predicted molar refractivity (Wildman–Crippen MR) is 58.2 cm³/mol. The van der Waals surface area contributed by atoms with Crippen LogP contribution in [0.15, 0.2) is 4.99 Å². The maximum atomic E-state index is 4.22. The van der Waals surface area contributed by atoms with Crippen LogP contribution in [0.3, 0.4) is 0 Å². The molecule has 0 aromatic heterocycles. The van der Waals surface area contributed by atoms with Gasteiger partial charge in [-0.15, -0.1) is 0 Å². The van der Waals surface area contributed by atoms with E-state index >= 15 is 0 Å². The molecule has 1 heterocycles. The van der Waals surface area contributed by atoms with Crippen molar-refractivity contribution in [3.63, 3.8) is 0 Å². The quantitative estimate of drug-likeness (QED) is 0.611. The third-order valence-electron chi connectivity index (χ3n) is 3.34. The smallest absolute Gasteiger partial charge is 0.0965 e. The van der Waals surface area contributed by atoms with Gasteiger partial charge in [0.05, 0.1) is 5.84 Å². The van der Waals surface area contributed by atoms with Crippen LogP contribution in [0.25, 0.3) is 0 Å². The minimum absolute atomic E-state index is 0.667. The maximum absolute atomic E-state index is 4.22. The Morgan fingerprint density at radius 1 is 1.38 bits per heavy atom. The van der Waals surface area contributed by atoms with Crippen molar-refractivity contribution in [1.82, 2.24) is 5.32 Å². The summed E-state index contributed by atoms with van der Waals surface area (Å²) in [7, 11) is 1.88. The van der Waals surface area contributed by atoms with Gasteiger partial charge in [0.25, 0.3) is 0 Å². The number of amidine groups is 1. The molecule has 1 spiro atoms. The summed E-state index contributed by atoms with van der Waals surface area (Å²) in [4.78, 5) is 4.22. The third-order valence-corrected chi connectivity index (χ3v) is 3.34. The Kier molecular flexibility index (Phi) is 3.34. The van der Waals surface area contributed by atoms with Crippen LogP contribution in [0.5, 0.6) is 0 Å². The van der Waals surface area contributed by atoms with E-state index in [-0.39, 0.29) is 0 Å². The Hall–Kier alpha value is -0.530. The highest BCUT2D eigenvalue weighted by Gasteiger charge is 2.49. The van der Waals surface area contributed by atoms with Gasteiger partial charge in [-0.05, 0) is 24.2 Å². The molecule has 2 aliphatic rings. The molecule has 2 heteroatoms. The summed E-state index contributed by atoms with van der Waals surface area (Å²) in [6, 6.07) is 0. The number of rotatable bonds is 0. The molecule has 1 unspecified atom stereocenters. The first-order valence-corrected chi connectivity index (χ1v) is 5.46. The summed E-state index contributed by atoms with van der Waals surface area (Å²) in [5.74, 6) is 2.08. The Bertz CT molecular complexity index is 192. The summed E-state index contributed by atoms with van der Waals surface area (Å²) >= 11 is 0. The molecule has 13 heavy (non-hydrogen) atoms. The first-order valence-electron chi connectivity index (χ1n) is 5.46. The normalized spacial score (nSPS) is 32.0. The van der Waals surface area contributed by atoms with Gasteiger partial charge < -0.3 is 5.32 Å². The molecule has 1 aliphatic carbocycles. The van der Waals surface area contributed by atoms with E-state index in [0.29, 0.717) is 5.41 Å². The highest BCUT2D eigenvalue weighted by atomic mass is 15.0. The predicted octanol–water partition coefficient (Wildman–Crippen LogP) is 2.45. The summed E-state index contributed by atoms with van der Waals surface area (Å²) in [5.41, 5.74) is 0.667. The summed E-state index contributed by atoms with van der Waals surface area (Å²) in [6.45, 7) is 7.49. The van der Waals surface area contributed by atoms with E-state index in [1.165, 1.54) is 25.1 Å². The molecule has 1 atom stereocenters. The second kappa shape index (κ2) is 4.12. The van der Waals surface area contributed by atoms with Gasteiger partial charge in [0, 0.05) is 20.0 Å². The fraction of sp³-hybridized carbons (Fsp3) is 0.909. The molecular weight excluding hydrogens is 160 g/mol. The number of hydrogen-bond donors (Lipinski definition) is 1. The second-order valence-electron chi connectivity index (χ2n) is 3.99. The van der Waals surface area contributed by atoms with Gasteiger partial charge in [-0.2, -0.15) is 0 Å². The van der Waals surface area contributed by atoms with Crippen LogP contribution in [0.1, 0.15) is 40.0 Å². The van der Waals surface area contributed by atoms with E-state index in [9.17, 15) is 0 Å². The van der Waals surface area contributed by atoms with Crippen LogP contribution < -0.4 is 5.32 Å². The molecule has 0 bridgehead atoms. The third kappa shape index (κ3) is 2.04. The van der Waals surface area contributed by atoms with Crippen molar-refractivity contribution in [3.05, 3.63) is 0 Å². The van der Waals surface area contributed by atoms with Crippen molar-refractivity contribution >= 4 is 5.84 Å². The first kappa shape index (κ1) is 10.6. The van der Waals surface area contributed by atoms with Gasteiger partial charge in [-0.3, -0.25) is 4.99 Å². The van der Waals surface area contributed by atoms with Crippen molar-refractivity contribution in [3.8, 4) is 0 Å². The lowest BCUT2D eigenvalue weighted by Crippen LogP contribution is -2.40. The summed E-state index contributed by atoms with van der Waals surface area (Å²) < 4.78 is 0. The second-order valence-corrected chi connectivity index (χ2v) is 3.99. The first-order chi connectivity index (χ1) is 6.27. The summed E-state index contributed by atoms with van der Waals surface area (Å²) in [6.07, 6.45) is 4.05. The number of aliphatic imine (C=N–C) groups is 1. The maximum Gasteiger partial charge on any atom is 0.0965 e. The van der Waals surface area contributed by atoms with E-state index in [2.05, 4.69) is 17.2 Å². The average Bonchev–Trinajstić information content (AvgIpc) is 2.95. The SMILES string of the molecule is CC.CN=C1CC2(CC2)C(C)CN1. The van der Waals surface area contributed by atoms with Gasteiger partial charge in [0.1, 0.15) is 0 Å². The standard InChI is InChI=1S/C9H16N2.C2H6/c1-7-6-11-8(10-2)5-9(7)3-4-9;1-2/h7H,3-6H2,1-2H3,(H,10,11);1-2H3. The molecule has 76 valence electrons. The van der Waals surface area contributed by atoms with Crippen LogP contribution in [0.4, 0.5) is 0 Å². The molecule has 2 nitrogen and oxygen atoms in total. The fourth-order valence-corrected chi connectivity index (χ4v) is 2.05. The molecule has 0 aromatic rings. The lowest BCUT2D eigenvalue weighted by Gasteiger charge is -2.30. The van der Waals surface area contributed by atoms with Gasteiger partial charge in [-0.1, -0.05) is 20.8 Å². The van der Waals surface area contributed by atoms with Crippen LogP contribution in [-0.4, -0.2) is 19.4 Å². The molecule has 1 aliphatic heterocycles. The van der Waals surface area contributed by atoms with Crippen LogP contribution in [-0.2, 0) is 0 Å². The van der Waals surface area contributed by atoms with E-state index in [4.69, 9.17) is 0 Å². The van der Waals surface area contributed by atoms with Crippen molar-refractivity contribution < 1.29 is 0 Å². The molecule has 0 aromatic carbocycles. The minimum atomic E-state index is 0.667. The molecule has 1 N–H and O–H groups in total. The van der Waals surface area contributed by atoms with Crippen LogP contribution in [0.2, 0.25) is 0 Å². The van der Waals surface area contributed by atoms with Gasteiger partial charge in [-0.25, -0.2) is 0 Å². The molecular formula is C11H22N2. The number of nitrogens with one attached hydrogen (secondary N) is 1. The largest absolute Gasteiger partial charge is 0.374 e. The van der Waals surface area contributed by atoms with E-state index < -0.39 is 0 Å². The van der Waals surface area contributed by atoms with E-state index in [0.717, 1.165) is 12.5 Å². The number of nitrogens with zero attached hydrogens (tertiary/aromatic N) is 1. The molecule has 0 radical (unpaired) electrons. The zero-order valence-corrected chi connectivity index (χ0v) is 9.35. The van der Waals surface area contributed by atoms with Crippen LogP contribution >= 0.6 is 0 Å². The van der Waals surface area contributed by atoms with Crippen molar-refractivity contribution in [1.29, 1.82) is 0 Å². The highest BCUT2D eigenvalue weighted by Crippen LogP contribution is 2.55. The van der Waals surface area contributed by atoms with Gasteiger partial charge >= 0.3 is 0 Å². The monoisotopic (exact) mass is 182 g/mol. The molecule has 1 saturated carbocycles. The highest BCUT2D eigenvalue weighted by molar-refractivity contribution is 5.84. The lowest BCUT2D eigenvalue weighted by atomic mass is 9.84. The Morgan fingerprint density at radius 3 is 2.46 bits per heavy atom. The van der Waals surface area contributed by atoms with E-state index in [1.54, 1.807) is 0 Å². The molecule has 2 fully saturated rings. The number of piperidine rings is 1. The van der Waals surface area contributed by atoms with Crippen LogP contribution in [0, 0.1) is 11.3 Å². The van der Waals surface area contributed by atoms with Crippen molar-refractivity contribution in [2.45, 2.75) is 40.0 Å². The molecule has 1 saturated heterocycles. The fourth-order valence-electron chi connectivity index (χ4n) is 2.05. The molecule has 2 rings (SSSR count). The Morgan fingerprint density at radius 2 is 2.00 bits per heavy atom. The lowest BCUT2D eigenvalue weighted by molar-refractivity contribution is 0.315. The van der Waals surface area contributed by atoms with Gasteiger partial charge in [0.2, 0.25) is 0 Å². The minimum Gasteiger partial charge on any atom is -0.374 e. The zero-order valence-electron chi connectivity index (χ0n) is 9.35. The Balaban J connectivity index is 0.000000396. The average molecular weight is 182 g/mol. The van der Waals surface area contributed by atoms with E-state index in [1.807, 2.05) is 20.9 Å². The van der Waals surface area contributed by atoms with Crippen molar-refractivity contribution in [2.24, 2.45) is 16.3 Å². The zero-order chi connectivity index (χ0) is 9.90. The Labute approximate surface area is 81.8 Å². The van der Waals surface area contributed by atoms with Gasteiger partial charge in [0.15, 0.2) is 0 Å². The molecule has 0 amide bonds. The van der Waals surface area contributed by atoms with Crippen molar-refractivity contribution in [2.75, 3.05) is 13.6 Å². The number of hydrogen-bond acceptors (Lipinski definition) is 1. The topological polar surface area (TPSA) is 24.4 Å².